The molecule has 0 spiro atoms. The van der Waals surface area contributed by atoms with Gasteiger partial charge in [-0.1, -0.05) is 6.07 Å². The standard InChI is InChI=1S/C11H12F2N2O2/c12-8-4-1-3-7(9(8)10(13)14)11(17)15-5-2-6-16/h1,3-4,14,16H,2,5-6H2,(H,15,17). The number of carbonyl (C=O) groups excluding carboxylic acids is 1. The summed E-state index contributed by atoms with van der Waals surface area (Å²) in [6, 6.07) is 3.48. The lowest BCUT2D eigenvalue weighted by Crippen LogP contribution is -2.27. The van der Waals surface area contributed by atoms with Gasteiger partial charge in [-0.2, -0.15) is 4.39 Å². The summed E-state index contributed by atoms with van der Waals surface area (Å²) < 4.78 is 26.1. The summed E-state index contributed by atoms with van der Waals surface area (Å²) in [5.74, 6) is -3.11. The Morgan fingerprint density at radius 1 is 1.47 bits per heavy atom. The van der Waals surface area contributed by atoms with Crippen LogP contribution in [0.4, 0.5) is 8.78 Å². The first-order valence-corrected chi connectivity index (χ1v) is 5.00. The zero-order chi connectivity index (χ0) is 12.8. The number of hydrogen-bond acceptors (Lipinski definition) is 3. The van der Waals surface area contributed by atoms with E-state index in [4.69, 9.17) is 10.5 Å². The molecule has 0 aliphatic rings. The van der Waals surface area contributed by atoms with Crippen LogP contribution in [0.15, 0.2) is 18.2 Å². The number of nitrogens with one attached hydrogen (secondary N) is 2. The first-order valence-electron chi connectivity index (χ1n) is 5.00. The van der Waals surface area contributed by atoms with E-state index in [-0.39, 0.29) is 18.7 Å². The van der Waals surface area contributed by atoms with Gasteiger partial charge in [0.1, 0.15) is 5.82 Å². The number of aliphatic hydroxyl groups excluding tert-OH is 1. The lowest BCUT2D eigenvalue weighted by molar-refractivity contribution is 0.0950. The van der Waals surface area contributed by atoms with Gasteiger partial charge >= 0.3 is 0 Å². The number of benzene rings is 1. The molecule has 4 nitrogen and oxygen atoms in total. The van der Waals surface area contributed by atoms with Gasteiger partial charge in [0.05, 0.1) is 11.1 Å². The SMILES string of the molecule is N=C(F)c1c(F)cccc1C(=O)NCCCO. The van der Waals surface area contributed by atoms with Gasteiger partial charge in [-0.15, -0.1) is 0 Å². The molecule has 1 rings (SSSR count). The normalized spacial score (nSPS) is 10.1. The van der Waals surface area contributed by atoms with E-state index in [2.05, 4.69) is 5.32 Å². The van der Waals surface area contributed by atoms with Gasteiger partial charge in [-0.05, 0) is 18.6 Å². The maximum Gasteiger partial charge on any atom is 0.252 e. The lowest BCUT2D eigenvalue weighted by Gasteiger charge is -2.08. The summed E-state index contributed by atoms with van der Waals surface area (Å²) in [6.45, 7) is 0.111. The Morgan fingerprint density at radius 2 is 2.18 bits per heavy atom. The van der Waals surface area contributed by atoms with Crippen LogP contribution in [0.3, 0.4) is 0 Å². The highest BCUT2D eigenvalue weighted by Gasteiger charge is 2.18. The largest absolute Gasteiger partial charge is 0.396 e. The van der Waals surface area contributed by atoms with Crippen molar-refractivity contribution in [2.45, 2.75) is 6.42 Å². The Kier molecular flexibility index (Phi) is 4.71. The first kappa shape index (κ1) is 13.2. The second-order valence-electron chi connectivity index (χ2n) is 3.31. The Morgan fingerprint density at radius 3 is 2.76 bits per heavy atom. The smallest absolute Gasteiger partial charge is 0.252 e. The number of aliphatic hydroxyl groups is 1. The predicted molar refractivity (Wildman–Crippen MR) is 58.4 cm³/mol. The van der Waals surface area contributed by atoms with E-state index in [0.29, 0.717) is 6.42 Å². The van der Waals surface area contributed by atoms with E-state index in [1.54, 1.807) is 0 Å². The fourth-order valence-electron chi connectivity index (χ4n) is 1.31. The molecule has 0 aliphatic heterocycles. The first-order chi connectivity index (χ1) is 8.07. The van der Waals surface area contributed by atoms with E-state index in [1.165, 1.54) is 12.1 Å². The lowest BCUT2D eigenvalue weighted by atomic mass is 10.1. The van der Waals surface area contributed by atoms with Gasteiger partial charge in [0, 0.05) is 13.2 Å². The third-order valence-corrected chi connectivity index (χ3v) is 2.10. The number of hydrogen-bond donors (Lipinski definition) is 3. The van der Waals surface area contributed by atoms with Crippen LogP contribution in [0.5, 0.6) is 0 Å². The van der Waals surface area contributed by atoms with Crippen molar-refractivity contribution in [3.05, 3.63) is 35.1 Å². The van der Waals surface area contributed by atoms with E-state index in [0.717, 1.165) is 6.07 Å². The Balaban J connectivity index is 2.93. The summed E-state index contributed by atoms with van der Waals surface area (Å²) in [7, 11) is 0. The molecule has 0 aliphatic carbocycles. The molecule has 0 bridgehead atoms. The Bertz CT molecular complexity index is 435. The van der Waals surface area contributed by atoms with Gasteiger partial charge in [-0.25, -0.2) is 4.39 Å². The predicted octanol–water partition coefficient (Wildman–Crippen LogP) is 1.23. The highest BCUT2D eigenvalue weighted by atomic mass is 19.1. The summed E-state index contributed by atoms with van der Waals surface area (Å²) in [5.41, 5.74) is -0.871. The molecule has 0 saturated carbocycles. The van der Waals surface area contributed by atoms with Gasteiger partial charge in [-0.3, -0.25) is 10.2 Å². The molecule has 0 heterocycles. The monoisotopic (exact) mass is 242 g/mol. The van der Waals surface area contributed by atoms with Crippen LogP contribution in [0.1, 0.15) is 22.3 Å². The molecule has 0 saturated heterocycles. The minimum Gasteiger partial charge on any atom is -0.396 e. The molecule has 0 fully saturated rings. The second kappa shape index (κ2) is 6.05. The number of rotatable bonds is 5. The average Bonchev–Trinajstić information content (AvgIpc) is 2.28. The molecule has 92 valence electrons. The molecule has 0 atom stereocenters. The van der Waals surface area contributed by atoms with Crippen LogP contribution >= 0.6 is 0 Å². The van der Waals surface area contributed by atoms with Crippen molar-refractivity contribution in [1.82, 2.24) is 5.32 Å². The molecule has 1 amide bonds. The van der Waals surface area contributed by atoms with Crippen LogP contribution in [0.25, 0.3) is 0 Å². The molecular formula is C11H12F2N2O2. The second-order valence-corrected chi connectivity index (χ2v) is 3.31. The highest BCUT2D eigenvalue weighted by Crippen LogP contribution is 2.14. The third-order valence-electron chi connectivity index (χ3n) is 2.10. The maximum absolute atomic E-state index is 13.2. The quantitative estimate of drug-likeness (QED) is 0.536. The van der Waals surface area contributed by atoms with Crippen molar-refractivity contribution in [3.63, 3.8) is 0 Å². The number of halogens is 2. The summed E-state index contributed by atoms with van der Waals surface area (Å²) >= 11 is 0. The summed E-state index contributed by atoms with van der Waals surface area (Å²) in [6.07, 6.45) is 0.351. The minimum atomic E-state index is -1.49. The van der Waals surface area contributed by atoms with Gasteiger partial charge in [0.15, 0.2) is 0 Å². The van der Waals surface area contributed by atoms with Crippen molar-refractivity contribution in [2.75, 3.05) is 13.2 Å². The topological polar surface area (TPSA) is 73.2 Å². The van der Waals surface area contributed by atoms with E-state index in [1.807, 2.05) is 0 Å². The molecular weight excluding hydrogens is 230 g/mol. The Labute approximate surface area is 96.8 Å². The van der Waals surface area contributed by atoms with Crippen molar-refractivity contribution in [1.29, 1.82) is 5.41 Å². The van der Waals surface area contributed by atoms with Crippen LogP contribution < -0.4 is 5.32 Å². The van der Waals surface area contributed by atoms with Crippen LogP contribution in [-0.2, 0) is 0 Å². The molecule has 3 N–H and O–H groups in total. The van der Waals surface area contributed by atoms with Crippen LogP contribution in [0.2, 0.25) is 0 Å². The number of amides is 1. The van der Waals surface area contributed by atoms with Crippen LogP contribution in [-0.4, -0.2) is 30.1 Å². The highest BCUT2D eigenvalue weighted by molar-refractivity contribution is 6.05. The molecule has 0 radical (unpaired) electrons. The van der Waals surface area contributed by atoms with Gasteiger partial charge in [0.25, 0.3) is 5.91 Å². The van der Waals surface area contributed by atoms with Gasteiger partial charge in [0.2, 0.25) is 5.97 Å². The van der Waals surface area contributed by atoms with Crippen molar-refractivity contribution >= 4 is 11.9 Å². The Hall–Kier alpha value is -1.82. The maximum atomic E-state index is 13.2. The fraction of sp³-hybridized carbons (Fsp3) is 0.273. The zero-order valence-electron chi connectivity index (χ0n) is 8.96. The molecule has 1 aromatic carbocycles. The summed E-state index contributed by atoms with van der Waals surface area (Å²) in [5, 5.41) is 17.7. The van der Waals surface area contributed by atoms with Crippen LogP contribution in [0, 0.1) is 11.2 Å². The minimum absolute atomic E-state index is 0.0881. The fourth-order valence-corrected chi connectivity index (χ4v) is 1.31. The molecule has 0 aromatic heterocycles. The van der Waals surface area contributed by atoms with Gasteiger partial charge < -0.3 is 10.4 Å². The van der Waals surface area contributed by atoms with E-state index < -0.39 is 23.3 Å². The molecule has 17 heavy (non-hydrogen) atoms. The third kappa shape index (κ3) is 3.32. The average molecular weight is 242 g/mol. The van der Waals surface area contributed by atoms with Crippen molar-refractivity contribution in [2.24, 2.45) is 0 Å². The molecule has 1 aromatic rings. The van der Waals surface area contributed by atoms with E-state index in [9.17, 15) is 13.6 Å². The zero-order valence-corrected chi connectivity index (χ0v) is 8.96. The van der Waals surface area contributed by atoms with E-state index >= 15 is 0 Å². The van der Waals surface area contributed by atoms with Crippen molar-refractivity contribution < 1.29 is 18.7 Å². The number of carbonyl (C=O) groups is 1. The molecule has 0 unspecified atom stereocenters. The molecule has 6 heteroatoms. The van der Waals surface area contributed by atoms with Crippen molar-refractivity contribution in [3.8, 4) is 0 Å². The summed E-state index contributed by atoms with van der Waals surface area (Å²) in [4.78, 5) is 11.6.